The van der Waals surface area contributed by atoms with E-state index in [9.17, 15) is 4.79 Å². The fraction of sp³-hybridized carbons (Fsp3) is 0.562. The molecular formula is C16H23BO5. The van der Waals surface area contributed by atoms with Gasteiger partial charge in [0.15, 0.2) is 6.61 Å². The van der Waals surface area contributed by atoms with Crippen LogP contribution in [0.2, 0.25) is 0 Å². The Morgan fingerprint density at radius 1 is 1.18 bits per heavy atom. The Morgan fingerprint density at radius 2 is 1.77 bits per heavy atom. The molecule has 0 radical (unpaired) electrons. The summed E-state index contributed by atoms with van der Waals surface area (Å²) in [7, 11) is 0.799. The number of carbonyl (C=O) groups excluding carboxylic acids is 1. The number of esters is 1. The van der Waals surface area contributed by atoms with Gasteiger partial charge in [0.1, 0.15) is 5.75 Å². The van der Waals surface area contributed by atoms with E-state index < -0.39 is 24.3 Å². The average Bonchev–Trinajstić information content (AvgIpc) is 2.65. The maximum Gasteiger partial charge on any atom is 0.498 e. The van der Waals surface area contributed by atoms with Gasteiger partial charge in [-0.2, -0.15) is 0 Å². The van der Waals surface area contributed by atoms with Crippen molar-refractivity contribution in [2.45, 2.75) is 45.8 Å². The van der Waals surface area contributed by atoms with Crippen molar-refractivity contribution in [3.63, 3.8) is 0 Å². The van der Waals surface area contributed by atoms with E-state index in [0.717, 1.165) is 11.0 Å². The lowest BCUT2D eigenvalue weighted by atomic mass is 9.77. The smallest absolute Gasteiger partial charge is 0.482 e. The van der Waals surface area contributed by atoms with E-state index in [4.69, 9.17) is 14.0 Å². The molecule has 1 aliphatic heterocycles. The molecule has 0 spiro atoms. The molecule has 0 unspecified atom stereocenters. The summed E-state index contributed by atoms with van der Waals surface area (Å²) in [5.74, 6) is 0.134. The third kappa shape index (κ3) is 3.28. The highest BCUT2D eigenvalue weighted by atomic mass is 16.7. The van der Waals surface area contributed by atoms with Crippen LogP contribution in [0.3, 0.4) is 0 Å². The summed E-state index contributed by atoms with van der Waals surface area (Å²) in [5, 5.41) is 0. The summed E-state index contributed by atoms with van der Waals surface area (Å²) < 4.78 is 22.3. The molecule has 0 atom stereocenters. The summed E-state index contributed by atoms with van der Waals surface area (Å²) >= 11 is 0. The number of methoxy groups -OCH3 is 1. The largest absolute Gasteiger partial charge is 0.498 e. The molecular weight excluding hydrogens is 283 g/mol. The van der Waals surface area contributed by atoms with Gasteiger partial charge in [-0.25, -0.2) is 4.79 Å². The van der Waals surface area contributed by atoms with Crippen LogP contribution >= 0.6 is 0 Å². The minimum Gasteiger partial charge on any atom is -0.482 e. The number of carbonyl (C=O) groups is 1. The van der Waals surface area contributed by atoms with Crippen molar-refractivity contribution in [2.75, 3.05) is 13.7 Å². The first kappa shape index (κ1) is 16.8. The maximum atomic E-state index is 11.3. The molecule has 6 heteroatoms. The van der Waals surface area contributed by atoms with Crippen LogP contribution in [-0.2, 0) is 18.8 Å². The molecule has 0 bridgehead atoms. The van der Waals surface area contributed by atoms with Crippen LogP contribution in [0.1, 0.15) is 33.3 Å². The third-order valence-electron chi connectivity index (χ3n) is 4.25. The van der Waals surface area contributed by atoms with Crippen LogP contribution in [-0.4, -0.2) is 38.0 Å². The van der Waals surface area contributed by atoms with Crippen molar-refractivity contribution in [3.05, 3.63) is 23.8 Å². The Hall–Kier alpha value is -1.53. The topological polar surface area (TPSA) is 54.0 Å². The third-order valence-corrected chi connectivity index (χ3v) is 4.25. The van der Waals surface area contributed by atoms with Crippen molar-refractivity contribution in [1.29, 1.82) is 0 Å². The molecule has 22 heavy (non-hydrogen) atoms. The molecule has 0 amide bonds. The highest BCUT2D eigenvalue weighted by Gasteiger charge is 2.52. The first-order chi connectivity index (χ1) is 10.2. The number of ether oxygens (including phenoxy) is 2. The molecule has 0 N–H and O–H groups in total. The van der Waals surface area contributed by atoms with Crippen LogP contribution in [0.5, 0.6) is 5.75 Å². The molecule has 0 saturated carbocycles. The van der Waals surface area contributed by atoms with Gasteiger partial charge < -0.3 is 18.8 Å². The van der Waals surface area contributed by atoms with E-state index in [1.165, 1.54) is 7.11 Å². The zero-order valence-electron chi connectivity index (χ0n) is 14.1. The van der Waals surface area contributed by atoms with Crippen LogP contribution in [0.15, 0.2) is 18.2 Å². The Labute approximate surface area is 132 Å². The number of aryl methyl sites for hydroxylation is 1. The van der Waals surface area contributed by atoms with Gasteiger partial charge >= 0.3 is 13.1 Å². The van der Waals surface area contributed by atoms with Gasteiger partial charge in [0.2, 0.25) is 0 Å². The van der Waals surface area contributed by atoms with Gasteiger partial charge in [0, 0.05) is 5.46 Å². The first-order valence-corrected chi connectivity index (χ1v) is 7.32. The number of hydrogen-bond donors (Lipinski definition) is 0. The van der Waals surface area contributed by atoms with Crippen molar-refractivity contribution >= 4 is 18.6 Å². The van der Waals surface area contributed by atoms with Gasteiger partial charge in [-0.3, -0.25) is 0 Å². The lowest BCUT2D eigenvalue weighted by Gasteiger charge is -2.32. The first-order valence-electron chi connectivity index (χ1n) is 7.32. The zero-order chi connectivity index (χ0) is 16.5. The molecule has 1 fully saturated rings. The Balaban J connectivity index is 2.27. The monoisotopic (exact) mass is 306 g/mol. The summed E-state index contributed by atoms with van der Waals surface area (Å²) in [6, 6.07) is 5.69. The minimum absolute atomic E-state index is 0.147. The zero-order valence-corrected chi connectivity index (χ0v) is 14.1. The van der Waals surface area contributed by atoms with Gasteiger partial charge in [-0.15, -0.1) is 0 Å². The molecule has 1 aromatic carbocycles. The van der Waals surface area contributed by atoms with Gasteiger partial charge in [0.25, 0.3) is 0 Å². The van der Waals surface area contributed by atoms with Crippen LogP contribution in [0, 0.1) is 6.92 Å². The molecule has 0 aliphatic carbocycles. The van der Waals surface area contributed by atoms with E-state index in [1.807, 2.05) is 52.8 Å². The van der Waals surface area contributed by atoms with Crippen LogP contribution in [0.4, 0.5) is 0 Å². The highest BCUT2D eigenvalue weighted by molar-refractivity contribution is 6.63. The second-order valence-electron chi connectivity index (χ2n) is 6.49. The molecule has 120 valence electrons. The Bertz CT molecular complexity index is 552. The molecule has 1 saturated heterocycles. The quantitative estimate of drug-likeness (QED) is 0.627. The average molecular weight is 306 g/mol. The molecule has 5 nitrogen and oxygen atoms in total. The molecule has 1 aromatic rings. The SMILES string of the molecule is COC(=O)COc1ccc(C)cc1B1OC(C)(C)C(C)(C)O1. The number of rotatable bonds is 4. The van der Waals surface area contributed by atoms with Crippen molar-refractivity contribution < 1.29 is 23.6 Å². The van der Waals surface area contributed by atoms with E-state index in [0.29, 0.717) is 5.75 Å². The molecule has 2 rings (SSSR count). The summed E-state index contributed by atoms with van der Waals surface area (Å²) in [6.45, 7) is 9.83. The van der Waals surface area contributed by atoms with E-state index in [-0.39, 0.29) is 6.61 Å². The predicted octanol–water partition coefficient (Wildman–Crippen LogP) is 1.85. The number of benzene rings is 1. The second-order valence-corrected chi connectivity index (χ2v) is 6.49. The fourth-order valence-electron chi connectivity index (χ4n) is 2.15. The van der Waals surface area contributed by atoms with Gasteiger partial charge in [0.05, 0.1) is 18.3 Å². The lowest BCUT2D eigenvalue weighted by Crippen LogP contribution is -2.41. The van der Waals surface area contributed by atoms with Gasteiger partial charge in [-0.05, 0) is 40.7 Å². The standard InChI is InChI=1S/C16H23BO5/c1-11-7-8-13(20-10-14(18)19-6)12(9-11)17-21-15(2,3)16(4,5)22-17/h7-9H,10H2,1-6H3. The molecule has 1 heterocycles. The van der Waals surface area contributed by atoms with Crippen molar-refractivity contribution in [1.82, 2.24) is 0 Å². The second kappa shape index (κ2) is 5.93. The number of hydrogen-bond acceptors (Lipinski definition) is 5. The Morgan fingerprint density at radius 3 is 2.32 bits per heavy atom. The minimum atomic E-state index is -0.530. The van der Waals surface area contributed by atoms with E-state index in [2.05, 4.69) is 4.74 Å². The summed E-state index contributed by atoms with van der Waals surface area (Å²) in [6.07, 6.45) is 0. The van der Waals surface area contributed by atoms with Gasteiger partial charge in [-0.1, -0.05) is 17.7 Å². The maximum absolute atomic E-state index is 11.3. The van der Waals surface area contributed by atoms with E-state index in [1.54, 1.807) is 0 Å². The molecule has 1 aliphatic rings. The normalized spacial score (nSPS) is 19.1. The van der Waals surface area contributed by atoms with E-state index >= 15 is 0 Å². The summed E-state index contributed by atoms with van der Waals surface area (Å²) in [5.41, 5.74) is 0.986. The van der Waals surface area contributed by atoms with Crippen molar-refractivity contribution in [3.8, 4) is 5.75 Å². The summed E-state index contributed by atoms with van der Waals surface area (Å²) in [4.78, 5) is 11.3. The highest BCUT2D eigenvalue weighted by Crippen LogP contribution is 2.37. The predicted molar refractivity (Wildman–Crippen MR) is 84.4 cm³/mol. The van der Waals surface area contributed by atoms with Crippen LogP contribution in [0.25, 0.3) is 0 Å². The fourth-order valence-corrected chi connectivity index (χ4v) is 2.15. The molecule has 0 aromatic heterocycles. The lowest BCUT2D eigenvalue weighted by molar-refractivity contribution is -0.142. The van der Waals surface area contributed by atoms with Crippen molar-refractivity contribution in [2.24, 2.45) is 0 Å². The van der Waals surface area contributed by atoms with Crippen LogP contribution < -0.4 is 10.2 Å². The Kier molecular flexibility index (Phi) is 4.54.